The number of anilines is 3. The van der Waals surface area contributed by atoms with E-state index in [1.54, 1.807) is 0 Å². The standard InChI is InChI=1S/C43H31N/c1-43(2)36-22-10-8-19-34(36)42-37(43)23-13-25-40(42)44(38-24-11-9-16-29(38)28-14-4-3-5-15-28)39-27-26-33-31-18-7-6-17-30(31)32-20-12-21-35(39)41(32)33/h3-27H,1-2H3. The molecule has 0 aliphatic heterocycles. The summed E-state index contributed by atoms with van der Waals surface area (Å²) in [4.78, 5) is 2.53. The van der Waals surface area contributed by atoms with E-state index in [0.717, 1.165) is 0 Å². The second-order valence-corrected chi connectivity index (χ2v) is 12.5. The maximum atomic E-state index is 2.53. The number of para-hydroxylation sites is 1. The van der Waals surface area contributed by atoms with Crippen LogP contribution in [0.15, 0.2) is 152 Å². The highest BCUT2D eigenvalue weighted by atomic mass is 15.1. The molecule has 0 amide bonds. The first-order chi connectivity index (χ1) is 21.6. The zero-order valence-electron chi connectivity index (χ0n) is 24.9. The highest BCUT2D eigenvalue weighted by molar-refractivity contribution is 6.19. The topological polar surface area (TPSA) is 3.24 Å². The minimum atomic E-state index is -0.0871. The summed E-state index contributed by atoms with van der Waals surface area (Å²) < 4.78 is 0. The van der Waals surface area contributed by atoms with Crippen molar-refractivity contribution in [1.29, 1.82) is 0 Å². The molecule has 0 heterocycles. The number of rotatable bonds is 4. The number of hydrogen-bond acceptors (Lipinski definition) is 1. The Hall–Kier alpha value is -5.40. The van der Waals surface area contributed by atoms with E-state index < -0.39 is 0 Å². The van der Waals surface area contributed by atoms with E-state index in [9.17, 15) is 0 Å². The van der Waals surface area contributed by atoms with Crippen molar-refractivity contribution in [2.75, 3.05) is 4.90 Å². The quantitative estimate of drug-likeness (QED) is 0.207. The predicted octanol–water partition coefficient (Wildman–Crippen LogP) is 11.9. The average molecular weight is 562 g/mol. The largest absolute Gasteiger partial charge is 0.309 e. The van der Waals surface area contributed by atoms with Gasteiger partial charge in [-0.1, -0.05) is 147 Å². The van der Waals surface area contributed by atoms with Gasteiger partial charge in [-0.2, -0.15) is 0 Å². The van der Waals surface area contributed by atoms with Crippen molar-refractivity contribution in [2.45, 2.75) is 19.3 Å². The summed E-state index contributed by atoms with van der Waals surface area (Å²) in [7, 11) is 0. The fourth-order valence-electron chi connectivity index (χ4n) is 7.83. The molecule has 0 aromatic heterocycles. The van der Waals surface area contributed by atoms with Gasteiger partial charge in [0.25, 0.3) is 0 Å². The minimum Gasteiger partial charge on any atom is -0.309 e. The van der Waals surface area contributed by atoms with Crippen LogP contribution in [0.4, 0.5) is 17.1 Å². The normalized spacial score (nSPS) is 13.4. The number of benzene rings is 7. The lowest BCUT2D eigenvalue weighted by Crippen LogP contribution is -2.16. The maximum absolute atomic E-state index is 2.53. The van der Waals surface area contributed by atoms with Crippen LogP contribution in [0.1, 0.15) is 25.0 Å². The van der Waals surface area contributed by atoms with Crippen molar-refractivity contribution in [3.8, 4) is 44.5 Å². The molecule has 2 aliphatic carbocycles. The highest BCUT2D eigenvalue weighted by Crippen LogP contribution is 2.57. The Balaban J connectivity index is 1.39. The second kappa shape index (κ2) is 9.30. The lowest BCUT2D eigenvalue weighted by atomic mass is 9.82. The fraction of sp³-hybridized carbons (Fsp3) is 0.0698. The molecule has 0 unspecified atom stereocenters. The first kappa shape index (κ1) is 25.1. The van der Waals surface area contributed by atoms with Gasteiger partial charge in [0, 0.05) is 21.9 Å². The smallest absolute Gasteiger partial charge is 0.0543 e. The van der Waals surface area contributed by atoms with Crippen molar-refractivity contribution in [3.63, 3.8) is 0 Å². The number of nitrogens with zero attached hydrogens (tertiary/aromatic N) is 1. The van der Waals surface area contributed by atoms with E-state index in [-0.39, 0.29) is 5.41 Å². The predicted molar refractivity (Wildman–Crippen MR) is 186 cm³/mol. The van der Waals surface area contributed by atoms with Crippen molar-refractivity contribution in [3.05, 3.63) is 163 Å². The summed E-state index contributed by atoms with van der Waals surface area (Å²) in [6, 6.07) is 55.8. The van der Waals surface area contributed by atoms with Crippen LogP contribution in [0.25, 0.3) is 55.3 Å². The molecule has 0 atom stereocenters. The average Bonchev–Trinajstić information content (AvgIpc) is 3.53. The van der Waals surface area contributed by atoms with Gasteiger partial charge in [-0.15, -0.1) is 0 Å². The van der Waals surface area contributed by atoms with E-state index >= 15 is 0 Å². The molecule has 44 heavy (non-hydrogen) atoms. The lowest BCUT2D eigenvalue weighted by molar-refractivity contribution is 0.660. The molecular weight excluding hydrogens is 530 g/mol. The minimum absolute atomic E-state index is 0.0871. The van der Waals surface area contributed by atoms with E-state index in [1.807, 2.05) is 0 Å². The first-order valence-electron chi connectivity index (χ1n) is 15.5. The third-order valence-electron chi connectivity index (χ3n) is 9.82. The molecular formula is C43H31N. The molecule has 9 rings (SSSR count). The Morgan fingerprint density at radius 3 is 1.75 bits per heavy atom. The third-order valence-corrected chi connectivity index (χ3v) is 9.82. The SMILES string of the molecule is CC1(C)c2ccccc2-c2c(N(c3ccccc3-c3ccccc3)c3ccc4c5c(cccc35)-c3ccccc3-4)cccc21. The van der Waals surface area contributed by atoms with Gasteiger partial charge < -0.3 is 4.90 Å². The molecule has 1 nitrogen and oxygen atoms in total. The van der Waals surface area contributed by atoms with Crippen LogP contribution < -0.4 is 4.90 Å². The maximum Gasteiger partial charge on any atom is 0.0543 e. The molecule has 1 heteroatoms. The summed E-state index contributed by atoms with van der Waals surface area (Å²) in [5, 5.41) is 2.60. The van der Waals surface area contributed by atoms with Gasteiger partial charge in [0.15, 0.2) is 0 Å². The summed E-state index contributed by atoms with van der Waals surface area (Å²) in [6.45, 7) is 4.72. The third kappa shape index (κ3) is 3.41. The van der Waals surface area contributed by atoms with Gasteiger partial charge in [0.1, 0.15) is 0 Å². The van der Waals surface area contributed by atoms with Gasteiger partial charge in [-0.3, -0.25) is 0 Å². The van der Waals surface area contributed by atoms with Crippen molar-refractivity contribution in [1.82, 2.24) is 0 Å². The zero-order valence-corrected chi connectivity index (χ0v) is 24.9. The van der Waals surface area contributed by atoms with Gasteiger partial charge in [-0.05, 0) is 68.1 Å². The molecule has 208 valence electrons. The lowest BCUT2D eigenvalue weighted by Gasteiger charge is -2.31. The molecule has 7 aromatic rings. The van der Waals surface area contributed by atoms with Crippen LogP contribution in [0.5, 0.6) is 0 Å². The summed E-state index contributed by atoms with van der Waals surface area (Å²) >= 11 is 0. The second-order valence-electron chi connectivity index (χ2n) is 12.5. The first-order valence-corrected chi connectivity index (χ1v) is 15.5. The molecule has 0 bridgehead atoms. The van der Waals surface area contributed by atoms with Crippen LogP contribution in [0, 0.1) is 0 Å². The monoisotopic (exact) mass is 561 g/mol. The molecule has 7 aromatic carbocycles. The van der Waals surface area contributed by atoms with E-state index in [2.05, 4.69) is 170 Å². The summed E-state index contributed by atoms with van der Waals surface area (Å²) in [5.74, 6) is 0. The number of fused-ring (bicyclic) bond motifs is 6. The van der Waals surface area contributed by atoms with Crippen LogP contribution in [-0.2, 0) is 5.41 Å². The Morgan fingerprint density at radius 2 is 0.955 bits per heavy atom. The van der Waals surface area contributed by atoms with Crippen LogP contribution in [0.3, 0.4) is 0 Å². The Bertz CT molecular complexity index is 2230. The number of hydrogen-bond donors (Lipinski definition) is 0. The van der Waals surface area contributed by atoms with E-state index in [1.165, 1.54) is 83.5 Å². The Labute approximate surface area is 258 Å². The van der Waals surface area contributed by atoms with Gasteiger partial charge in [0.05, 0.1) is 17.1 Å². The Kier molecular flexibility index (Phi) is 5.31. The van der Waals surface area contributed by atoms with Crippen LogP contribution in [-0.4, -0.2) is 0 Å². The van der Waals surface area contributed by atoms with Crippen LogP contribution in [0.2, 0.25) is 0 Å². The molecule has 0 N–H and O–H groups in total. The van der Waals surface area contributed by atoms with E-state index in [4.69, 9.17) is 0 Å². The molecule has 0 fully saturated rings. The van der Waals surface area contributed by atoms with E-state index in [0.29, 0.717) is 0 Å². The molecule has 0 radical (unpaired) electrons. The molecule has 0 saturated carbocycles. The Morgan fingerprint density at radius 1 is 0.386 bits per heavy atom. The summed E-state index contributed by atoms with van der Waals surface area (Å²) in [5.41, 5.74) is 16.6. The molecule has 0 saturated heterocycles. The zero-order chi connectivity index (χ0) is 29.4. The van der Waals surface area contributed by atoms with Crippen molar-refractivity contribution >= 4 is 27.8 Å². The highest BCUT2D eigenvalue weighted by Gasteiger charge is 2.38. The molecule has 0 spiro atoms. The van der Waals surface area contributed by atoms with Crippen LogP contribution >= 0.6 is 0 Å². The summed E-state index contributed by atoms with van der Waals surface area (Å²) in [6.07, 6.45) is 0. The van der Waals surface area contributed by atoms with Gasteiger partial charge >= 0.3 is 0 Å². The van der Waals surface area contributed by atoms with Gasteiger partial charge in [0.2, 0.25) is 0 Å². The van der Waals surface area contributed by atoms with Crippen molar-refractivity contribution < 1.29 is 0 Å². The molecule has 2 aliphatic rings. The fourth-order valence-corrected chi connectivity index (χ4v) is 7.83. The van der Waals surface area contributed by atoms with Crippen molar-refractivity contribution in [2.24, 2.45) is 0 Å². The van der Waals surface area contributed by atoms with Gasteiger partial charge in [-0.25, -0.2) is 0 Å².